The quantitative estimate of drug-likeness (QED) is 0.302. The second-order valence-corrected chi connectivity index (χ2v) is 5.38. The van der Waals surface area contributed by atoms with Crippen LogP contribution in [0.4, 0.5) is 8.78 Å². The Morgan fingerprint density at radius 1 is 1.23 bits per heavy atom. The predicted octanol–water partition coefficient (Wildman–Crippen LogP) is 3.05. The second-order valence-electron chi connectivity index (χ2n) is 5.38. The van der Waals surface area contributed by atoms with E-state index in [0.29, 0.717) is 25.5 Å². The first-order valence-corrected chi connectivity index (χ1v) is 8.15. The Bertz CT molecular complexity index is 548. The summed E-state index contributed by atoms with van der Waals surface area (Å²) in [6, 6.07) is 5.09. The van der Waals surface area contributed by atoms with Gasteiger partial charge in [-0.1, -0.05) is 6.07 Å². The molecule has 1 aromatic rings. The van der Waals surface area contributed by atoms with E-state index in [9.17, 15) is 8.78 Å². The molecular weight excluding hydrogens is 459 g/mol. The minimum Gasteiger partial charge on any atom is -0.493 e. The lowest BCUT2D eigenvalue weighted by molar-refractivity contribution is -0.0512. The Morgan fingerprint density at radius 3 is 2.54 bits per heavy atom. The Morgan fingerprint density at radius 2 is 1.96 bits per heavy atom. The summed E-state index contributed by atoms with van der Waals surface area (Å²) in [7, 11) is 3.05. The van der Waals surface area contributed by atoms with Crippen molar-refractivity contribution in [3.8, 4) is 11.5 Å². The lowest BCUT2D eigenvalue weighted by Gasteiger charge is -2.17. The Balaban J connectivity index is 0.00000625. The minimum atomic E-state index is -2.89. The van der Waals surface area contributed by atoms with Crippen LogP contribution in [0.25, 0.3) is 0 Å². The molecule has 0 aliphatic rings. The van der Waals surface area contributed by atoms with Gasteiger partial charge in [-0.05, 0) is 38.0 Å². The Labute approximate surface area is 170 Å². The fourth-order valence-electron chi connectivity index (χ4n) is 2.21. The summed E-state index contributed by atoms with van der Waals surface area (Å²) in [5.41, 5.74) is 0.834. The van der Waals surface area contributed by atoms with Crippen molar-refractivity contribution < 1.29 is 23.0 Å². The number of alkyl halides is 2. The molecule has 0 bridgehead atoms. The fourth-order valence-corrected chi connectivity index (χ4v) is 2.21. The highest BCUT2D eigenvalue weighted by atomic mass is 127. The van der Waals surface area contributed by atoms with Crippen molar-refractivity contribution in [3.63, 3.8) is 0 Å². The summed E-state index contributed by atoms with van der Waals surface area (Å²) in [4.78, 5) is 4.48. The van der Waals surface area contributed by atoms with Crippen LogP contribution in [0.2, 0.25) is 0 Å². The monoisotopic (exact) mass is 487 g/mol. The summed E-state index contributed by atoms with van der Waals surface area (Å²) in [5.74, 6) is 0.985. The van der Waals surface area contributed by atoms with Crippen molar-refractivity contribution in [1.82, 2.24) is 10.6 Å². The molecule has 0 aliphatic carbocycles. The molecule has 150 valence electrons. The molecular formula is C17H28F2IN3O3. The summed E-state index contributed by atoms with van der Waals surface area (Å²) in [6.45, 7) is 2.88. The highest BCUT2D eigenvalue weighted by Gasteiger charge is 2.11. The molecule has 1 rings (SSSR count). The van der Waals surface area contributed by atoms with Crippen LogP contribution >= 0.6 is 24.0 Å². The maximum Gasteiger partial charge on any atom is 0.387 e. The van der Waals surface area contributed by atoms with E-state index < -0.39 is 6.61 Å². The first-order chi connectivity index (χ1) is 12.0. The van der Waals surface area contributed by atoms with E-state index >= 15 is 0 Å². The summed E-state index contributed by atoms with van der Waals surface area (Å²) >= 11 is 0. The first-order valence-electron chi connectivity index (χ1n) is 8.15. The van der Waals surface area contributed by atoms with E-state index in [4.69, 9.17) is 9.47 Å². The summed E-state index contributed by atoms with van der Waals surface area (Å²) in [6.07, 6.45) is 0.582. The number of rotatable bonds is 10. The molecule has 0 radical (unpaired) electrons. The van der Waals surface area contributed by atoms with Gasteiger partial charge in [-0.15, -0.1) is 24.0 Å². The molecule has 0 heterocycles. The van der Waals surface area contributed by atoms with Crippen molar-refractivity contribution in [2.75, 3.05) is 33.9 Å². The predicted molar refractivity (Wildman–Crippen MR) is 109 cm³/mol. The number of ether oxygens (including phenoxy) is 3. The van der Waals surface area contributed by atoms with Crippen LogP contribution < -0.4 is 20.1 Å². The van der Waals surface area contributed by atoms with Crippen molar-refractivity contribution in [2.45, 2.75) is 32.9 Å². The number of halogens is 3. The molecule has 26 heavy (non-hydrogen) atoms. The molecule has 0 saturated carbocycles. The molecule has 1 aromatic carbocycles. The third-order valence-corrected chi connectivity index (χ3v) is 3.26. The molecule has 0 aromatic heterocycles. The molecule has 0 saturated heterocycles. The number of guanidine groups is 1. The van der Waals surface area contributed by atoms with Crippen molar-refractivity contribution in [1.29, 1.82) is 0 Å². The average molecular weight is 487 g/mol. The molecule has 9 heteroatoms. The maximum absolute atomic E-state index is 12.5. The maximum atomic E-state index is 12.5. The van der Waals surface area contributed by atoms with E-state index in [1.165, 1.54) is 7.11 Å². The molecule has 0 amide bonds. The van der Waals surface area contributed by atoms with E-state index in [1.807, 2.05) is 13.8 Å². The van der Waals surface area contributed by atoms with Gasteiger partial charge in [0.1, 0.15) is 0 Å². The van der Waals surface area contributed by atoms with Gasteiger partial charge >= 0.3 is 6.61 Å². The molecule has 0 aliphatic heterocycles. The molecule has 2 N–H and O–H groups in total. The largest absolute Gasteiger partial charge is 0.493 e. The first kappa shape index (κ1) is 24.6. The van der Waals surface area contributed by atoms with Crippen LogP contribution in [0, 0.1) is 0 Å². The Hall–Kier alpha value is -1.36. The number of methoxy groups -OCH3 is 2. The van der Waals surface area contributed by atoms with E-state index in [2.05, 4.69) is 20.4 Å². The lowest BCUT2D eigenvalue weighted by Crippen LogP contribution is -2.44. The molecule has 0 fully saturated rings. The van der Waals surface area contributed by atoms with Gasteiger partial charge in [0, 0.05) is 26.2 Å². The van der Waals surface area contributed by atoms with E-state index in [-0.39, 0.29) is 41.5 Å². The van der Waals surface area contributed by atoms with Crippen LogP contribution in [-0.4, -0.2) is 52.5 Å². The van der Waals surface area contributed by atoms with Crippen molar-refractivity contribution in [3.05, 3.63) is 23.8 Å². The van der Waals surface area contributed by atoms with Gasteiger partial charge in [0.15, 0.2) is 17.5 Å². The van der Waals surface area contributed by atoms with Gasteiger partial charge in [-0.2, -0.15) is 8.78 Å². The number of hydrogen-bond acceptors (Lipinski definition) is 4. The zero-order chi connectivity index (χ0) is 18.7. The number of aliphatic imine (C=N–C) groups is 1. The van der Waals surface area contributed by atoms with Crippen LogP contribution in [0.5, 0.6) is 11.5 Å². The van der Waals surface area contributed by atoms with Crippen molar-refractivity contribution in [2.24, 2.45) is 4.99 Å². The van der Waals surface area contributed by atoms with Gasteiger partial charge in [0.05, 0.1) is 13.7 Å². The second kappa shape index (κ2) is 13.8. The zero-order valence-electron chi connectivity index (χ0n) is 15.6. The summed E-state index contributed by atoms with van der Waals surface area (Å²) < 4.78 is 39.5. The van der Waals surface area contributed by atoms with Crippen LogP contribution in [0.1, 0.15) is 19.4 Å². The topological polar surface area (TPSA) is 64.1 Å². The van der Waals surface area contributed by atoms with Crippen LogP contribution in [0.3, 0.4) is 0 Å². The molecule has 1 atom stereocenters. The standard InChI is InChI=1S/C17H27F2N3O3.HI/c1-5-20-17(22-12(2)11-23-3)21-9-8-13-6-7-14(24-4)15(10-13)25-16(18)19;/h6-7,10,12,16H,5,8-9,11H2,1-4H3,(H2,20,21,22);1H. The smallest absolute Gasteiger partial charge is 0.387 e. The molecule has 6 nitrogen and oxygen atoms in total. The van der Waals surface area contributed by atoms with Crippen LogP contribution in [0.15, 0.2) is 23.2 Å². The molecule has 0 spiro atoms. The van der Waals surface area contributed by atoms with Gasteiger partial charge in [-0.3, -0.25) is 4.99 Å². The zero-order valence-corrected chi connectivity index (χ0v) is 17.9. The highest BCUT2D eigenvalue weighted by Crippen LogP contribution is 2.29. The van der Waals surface area contributed by atoms with Gasteiger partial charge in [0.2, 0.25) is 0 Å². The molecule has 1 unspecified atom stereocenters. The number of benzene rings is 1. The van der Waals surface area contributed by atoms with E-state index in [1.54, 1.807) is 25.3 Å². The lowest BCUT2D eigenvalue weighted by atomic mass is 10.1. The van der Waals surface area contributed by atoms with Gasteiger partial charge in [-0.25, -0.2) is 0 Å². The number of nitrogens with zero attached hydrogens (tertiary/aromatic N) is 1. The van der Waals surface area contributed by atoms with E-state index in [0.717, 1.165) is 12.1 Å². The Kier molecular flexibility index (Phi) is 13.1. The summed E-state index contributed by atoms with van der Waals surface area (Å²) in [5, 5.41) is 6.38. The third kappa shape index (κ3) is 9.37. The normalized spacial score (nSPS) is 12.3. The average Bonchev–Trinajstić information content (AvgIpc) is 2.55. The van der Waals surface area contributed by atoms with Gasteiger partial charge in [0.25, 0.3) is 0 Å². The highest BCUT2D eigenvalue weighted by molar-refractivity contribution is 14.0. The third-order valence-electron chi connectivity index (χ3n) is 3.26. The SMILES string of the molecule is CCNC(=NCCc1ccc(OC)c(OC(F)F)c1)NC(C)COC.I. The fraction of sp³-hybridized carbons (Fsp3) is 0.588. The number of hydrogen-bond donors (Lipinski definition) is 2. The van der Waals surface area contributed by atoms with Crippen molar-refractivity contribution >= 4 is 29.9 Å². The van der Waals surface area contributed by atoms with Crippen LogP contribution in [-0.2, 0) is 11.2 Å². The van der Waals surface area contributed by atoms with Gasteiger partial charge < -0.3 is 24.8 Å². The number of nitrogens with one attached hydrogen (secondary N) is 2. The minimum absolute atomic E-state index is 0.